The zero-order valence-electron chi connectivity index (χ0n) is 16.6. The van der Waals surface area contributed by atoms with Crippen LogP contribution in [0.1, 0.15) is 47.0 Å². The summed E-state index contributed by atoms with van der Waals surface area (Å²) >= 11 is 0. The maximum absolute atomic E-state index is 12.3. The number of rotatable bonds is 9. The van der Waals surface area contributed by atoms with Gasteiger partial charge in [-0.3, -0.25) is 9.59 Å². The maximum Gasteiger partial charge on any atom is 0.291 e. The van der Waals surface area contributed by atoms with E-state index >= 15 is 0 Å². The molecule has 2 aromatic carbocycles. The molecule has 0 unspecified atom stereocenters. The molecule has 3 aromatic rings. The Hall–Kier alpha value is -3.34. The van der Waals surface area contributed by atoms with Crippen LogP contribution in [0.5, 0.6) is 0 Å². The Balaban J connectivity index is 1.49. The monoisotopic (exact) mass is 390 g/mol. The lowest BCUT2D eigenvalue weighted by molar-refractivity contribution is -0.120. The zero-order valence-corrected chi connectivity index (χ0v) is 16.6. The van der Waals surface area contributed by atoms with Gasteiger partial charge in [-0.05, 0) is 53.8 Å². The van der Waals surface area contributed by atoms with E-state index < -0.39 is 0 Å². The average molecular weight is 390 g/mol. The Labute approximate surface area is 171 Å². The number of carbonyl (C=O) groups is 2. The van der Waals surface area contributed by atoms with Gasteiger partial charge in [0.2, 0.25) is 5.91 Å². The van der Waals surface area contributed by atoms with Gasteiger partial charge in [0, 0.05) is 12.2 Å². The molecule has 0 saturated heterocycles. The summed E-state index contributed by atoms with van der Waals surface area (Å²) in [5, 5.41) is 5.72. The molecular weight excluding hydrogens is 364 g/mol. The molecule has 1 aromatic heterocycles. The summed E-state index contributed by atoms with van der Waals surface area (Å²) in [4.78, 5) is 24.3. The van der Waals surface area contributed by atoms with Gasteiger partial charge < -0.3 is 15.1 Å². The van der Waals surface area contributed by atoms with Gasteiger partial charge in [0.15, 0.2) is 5.76 Å². The second-order valence-corrected chi connectivity index (χ2v) is 7.01. The van der Waals surface area contributed by atoms with Gasteiger partial charge in [-0.25, -0.2) is 0 Å². The number of benzene rings is 2. The Morgan fingerprint density at radius 1 is 0.931 bits per heavy atom. The van der Waals surface area contributed by atoms with E-state index in [1.54, 1.807) is 18.2 Å². The van der Waals surface area contributed by atoms with Gasteiger partial charge in [0.05, 0.1) is 12.7 Å². The summed E-state index contributed by atoms with van der Waals surface area (Å²) in [6, 6.07) is 18.9. The first-order valence-corrected chi connectivity index (χ1v) is 9.92. The number of hydrogen-bond acceptors (Lipinski definition) is 3. The highest BCUT2D eigenvalue weighted by molar-refractivity contribution is 6.02. The first-order chi connectivity index (χ1) is 14.1. The predicted octanol–water partition coefficient (Wildman–Crippen LogP) is 4.73. The number of nitrogens with one attached hydrogen (secondary N) is 2. The minimum Gasteiger partial charge on any atom is -0.459 e. The van der Waals surface area contributed by atoms with Gasteiger partial charge in [-0.15, -0.1) is 0 Å². The van der Waals surface area contributed by atoms with Crippen molar-refractivity contribution in [3.05, 3.63) is 89.4 Å². The van der Waals surface area contributed by atoms with E-state index in [9.17, 15) is 9.59 Å². The second kappa shape index (κ2) is 10.3. The van der Waals surface area contributed by atoms with Crippen molar-refractivity contribution in [1.82, 2.24) is 5.32 Å². The molecule has 3 rings (SSSR count). The van der Waals surface area contributed by atoms with E-state index in [0.29, 0.717) is 18.7 Å². The number of amides is 2. The third-order valence-electron chi connectivity index (χ3n) is 4.63. The van der Waals surface area contributed by atoms with Crippen LogP contribution in [0.4, 0.5) is 5.69 Å². The van der Waals surface area contributed by atoms with E-state index in [-0.39, 0.29) is 17.6 Å². The van der Waals surface area contributed by atoms with Crippen LogP contribution in [0.3, 0.4) is 0 Å². The molecule has 150 valence electrons. The van der Waals surface area contributed by atoms with Crippen LogP contribution in [-0.2, 0) is 24.2 Å². The van der Waals surface area contributed by atoms with Crippen LogP contribution in [0, 0.1) is 0 Å². The first kappa shape index (κ1) is 20.4. The number of carbonyl (C=O) groups excluding carboxylic acids is 2. The highest BCUT2D eigenvalue weighted by Gasteiger charge is 2.09. The molecule has 0 fully saturated rings. The van der Waals surface area contributed by atoms with Gasteiger partial charge >= 0.3 is 0 Å². The van der Waals surface area contributed by atoms with E-state index in [1.807, 2.05) is 30.3 Å². The smallest absolute Gasteiger partial charge is 0.291 e. The molecule has 0 atom stereocenters. The fraction of sp³-hybridized carbons (Fsp3) is 0.250. The Morgan fingerprint density at radius 2 is 1.72 bits per heavy atom. The summed E-state index contributed by atoms with van der Waals surface area (Å²) in [5.74, 6) is -0.0840. The SMILES string of the molecule is CCCCc1ccc(CC(=O)NCc2cccc(NC(=O)c3ccco3)c2)cc1. The zero-order chi connectivity index (χ0) is 20.5. The molecule has 0 spiro atoms. The summed E-state index contributed by atoms with van der Waals surface area (Å²) in [6.45, 7) is 2.58. The van der Waals surface area contributed by atoms with Crippen LogP contribution in [0.2, 0.25) is 0 Å². The quantitative estimate of drug-likeness (QED) is 0.555. The summed E-state index contributed by atoms with van der Waals surface area (Å²) < 4.78 is 5.09. The first-order valence-electron chi connectivity index (χ1n) is 9.92. The predicted molar refractivity (Wildman–Crippen MR) is 114 cm³/mol. The molecular formula is C24H26N2O3. The van der Waals surface area contributed by atoms with Gasteiger partial charge in [-0.1, -0.05) is 49.7 Å². The van der Waals surface area contributed by atoms with Crippen molar-refractivity contribution >= 4 is 17.5 Å². The molecule has 1 heterocycles. The maximum atomic E-state index is 12.3. The number of anilines is 1. The van der Waals surface area contributed by atoms with Crippen LogP contribution < -0.4 is 10.6 Å². The van der Waals surface area contributed by atoms with Crippen LogP contribution in [-0.4, -0.2) is 11.8 Å². The lowest BCUT2D eigenvalue weighted by atomic mass is 10.0. The standard InChI is InChI=1S/C24H26N2O3/c1-2-3-6-18-10-12-19(13-11-18)16-23(27)25-17-20-7-4-8-21(15-20)26-24(28)22-9-5-14-29-22/h4-5,7-15H,2-3,6,16-17H2,1H3,(H,25,27)(H,26,28). The summed E-state index contributed by atoms with van der Waals surface area (Å²) in [7, 11) is 0. The topological polar surface area (TPSA) is 71.3 Å². The van der Waals surface area contributed by atoms with Gasteiger partial charge in [-0.2, -0.15) is 0 Å². The molecule has 5 nitrogen and oxygen atoms in total. The Kier molecular flexibility index (Phi) is 7.22. The molecule has 0 saturated carbocycles. The fourth-order valence-corrected chi connectivity index (χ4v) is 3.01. The molecule has 0 aliphatic carbocycles. The molecule has 29 heavy (non-hydrogen) atoms. The molecule has 0 aliphatic heterocycles. The molecule has 2 N–H and O–H groups in total. The van der Waals surface area contributed by atoms with E-state index in [0.717, 1.165) is 17.5 Å². The average Bonchev–Trinajstić information content (AvgIpc) is 3.27. The van der Waals surface area contributed by atoms with Crippen molar-refractivity contribution in [2.24, 2.45) is 0 Å². The lowest BCUT2D eigenvalue weighted by Crippen LogP contribution is -2.24. The minimum atomic E-state index is -0.307. The van der Waals surface area contributed by atoms with E-state index in [2.05, 4.69) is 29.7 Å². The number of unbranched alkanes of at least 4 members (excludes halogenated alkanes) is 1. The molecule has 0 radical (unpaired) electrons. The summed E-state index contributed by atoms with van der Waals surface area (Å²) in [5.41, 5.74) is 3.87. The molecule has 0 bridgehead atoms. The number of aryl methyl sites for hydroxylation is 1. The number of furan rings is 1. The van der Waals surface area contributed by atoms with Crippen LogP contribution in [0.15, 0.2) is 71.3 Å². The van der Waals surface area contributed by atoms with Crippen molar-refractivity contribution in [2.45, 2.75) is 39.2 Å². The summed E-state index contributed by atoms with van der Waals surface area (Å²) in [6.07, 6.45) is 5.25. The van der Waals surface area contributed by atoms with Crippen molar-refractivity contribution < 1.29 is 14.0 Å². The largest absolute Gasteiger partial charge is 0.459 e. The molecule has 0 aliphatic rings. The van der Waals surface area contributed by atoms with Crippen molar-refractivity contribution in [3.8, 4) is 0 Å². The number of hydrogen-bond donors (Lipinski definition) is 2. The van der Waals surface area contributed by atoms with Crippen LogP contribution >= 0.6 is 0 Å². The molecule has 2 amide bonds. The Morgan fingerprint density at radius 3 is 2.45 bits per heavy atom. The van der Waals surface area contributed by atoms with E-state index in [4.69, 9.17) is 4.42 Å². The van der Waals surface area contributed by atoms with Crippen molar-refractivity contribution in [1.29, 1.82) is 0 Å². The lowest BCUT2D eigenvalue weighted by Gasteiger charge is -2.09. The van der Waals surface area contributed by atoms with Gasteiger partial charge in [0.25, 0.3) is 5.91 Å². The molecule has 5 heteroatoms. The van der Waals surface area contributed by atoms with E-state index in [1.165, 1.54) is 24.7 Å². The Bertz CT molecular complexity index is 931. The van der Waals surface area contributed by atoms with Crippen molar-refractivity contribution in [3.63, 3.8) is 0 Å². The highest BCUT2D eigenvalue weighted by Crippen LogP contribution is 2.13. The highest BCUT2D eigenvalue weighted by atomic mass is 16.3. The second-order valence-electron chi connectivity index (χ2n) is 7.01. The minimum absolute atomic E-state index is 0.0312. The third-order valence-corrected chi connectivity index (χ3v) is 4.63. The fourth-order valence-electron chi connectivity index (χ4n) is 3.01. The van der Waals surface area contributed by atoms with Crippen molar-refractivity contribution in [2.75, 3.05) is 5.32 Å². The van der Waals surface area contributed by atoms with Gasteiger partial charge in [0.1, 0.15) is 0 Å². The van der Waals surface area contributed by atoms with Crippen LogP contribution in [0.25, 0.3) is 0 Å². The normalized spacial score (nSPS) is 10.5. The third kappa shape index (κ3) is 6.35.